The number of para-hydroxylation sites is 2. The minimum atomic E-state index is 0.799. The number of benzene rings is 4. The molecular formula is C33H23O2+. The van der Waals surface area contributed by atoms with Gasteiger partial charge in [-0.25, -0.2) is 4.42 Å². The van der Waals surface area contributed by atoms with Gasteiger partial charge in [-0.05, 0) is 47.6 Å². The molecule has 0 N–H and O–H groups in total. The van der Waals surface area contributed by atoms with E-state index in [9.17, 15) is 0 Å². The summed E-state index contributed by atoms with van der Waals surface area (Å²) < 4.78 is 12.7. The lowest BCUT2D eigenvalue weighted by atomic mass is 9.98. The number of hydrogen-bond acceptors (Lipinski definition) is 1. The van der Waals surface area contributed by atoms with Gasteiger partial charge in [0.25, 0.3) is 0 Å². The van der Waals surface area contributed by atoms with Crippen molar-refractivity contribution in [3.05, 3.63) is 150 Å². The summed E-state index contributed by atoms with van der Waals surface area (Å²) >= 11 is 0. The Morgan fingerprint density at radius 1 is 0.657 bits per heavy atom. The monoisotopic (exact) mass is 451 g/mol. The van der Waals surface area contributed by atoms with E-state index in [2.05, 4.69) is 48.5 Å². The summed E-state index contributed by atoms with van der Waals surface area (Å²) in [7, 11) is 0. The van der Waals surface area contributed by atoms with Crippen molar-refractivity contribution < 1.29 is 9.15 Å². The lowest BCUT2D eigenvalue weighted by molar-refractivity contribution is 0.445. The Hall–Kier alpha value is -4.69. The summed E-state index contributed by atoms with van der Waals surface area (Å²) in [6.07, 6.45) is 8.20. The standard InChI is InChI=1S/C33H23O2/c1-3-12-24(13-4-1)28-22-26-16-7-9-18-30(26)34-32(28)20-11-21-33-29(25-14-5-2-6-15-25)23-27-17-8-10-19-31(27)35-33/h1-23H/q+1. The molecule has 0 saturated heterocycles. The molecule has 0 amide bonds. The summed E-state index contributed by atoms with van der Waals surface area (Å²) in [6, 6.07) is 39.0. The molecule has 0 bridgehead atoms. The van der Waals surface area contributed by atoms with E-state index in [0.29, 0.717) is 0 Å². The van der Waals surface area contributed by atoms with Gasteiger partial charge >= 0.3 is 11.3 Å². The van der Waals surface area contributed by atoms with E-state index < -0.39 is 0 Å². The molecular weight excluding hydrogens is 428 g/mol. The predicted octanol–water partition coefficient (Wildman–Crippen LogP) is 8.91. The molecule has 1 aromatic heterocycles. The van der Waals surface area contributed by atoms with Crippen LogP contribution in [0, 0.1) is 0 Å². The minimum Gasteiger partial charge on any atom is -0.456 e. The molecule has 166 valence electrons. The third kappa shape index (κ3) is 4.30. The van der Waals surface area contributed by atoms with E-state index in [-0.39, 0.29) is 0 Å². The highest BCUT2D eigenvalue weighted by molar-refractivity contribution is 5.93. The fourth-order valence-electron chi connectivity index (χ4n) is 4.34. The molecule has 0 atom stereocenters. The van der Waals surface area contributed by atoms with E-state index in [1.807, 2.05) is 91.0 Å². The Morgan fingerprint density at radius 2 is 1.34 bits per heavy atom. The van der Waals surface area contributed by atoms with Crippen molar-refractivity contribution in [1.29, 1.82) is 0 Å². The van der Waals surface area contributed by atoms with E-state index in [0.717, 1.165) is 56.1 Å². The van der Waals surface area contributed by atoms with Gasteiger partial charge in [-0.15, -0.1) is 0 Å². The first-order valence-corrected chi connectivity index (χ1v) is 11.7. The van der Waals surface area contributed by atoms with Crippen LogP contribution in [0.15, 0.2) is 138 Å². The first-order valence-electron chi connectivity index (χ1n) is 11.7. The highest BCUT2D eigenvalue weighted by Gasteiger charge is 2.20. The molecule has 5 aromatic rings. The van der Waals surface area contributed by atoms with Crippen LogP contribution in [0.3, 0.4) is 0 Å². The molecule has 1 aliphatic rings. The van der Waals surface area contributed by atoms with Crippen LogP contribution >= 0.6 is 0 Å². The maximum absolute atomic E-state index is 6.33. The summed E-state index contributed by atoms with van der Waals surface area (Å²) in [4.78, 5) is 0. The van der Waals surface area contributed by atoms with Crippen LogP contribution < -0.4 is 4.74 Å². The fraction of sp³-hybridized carbons (Fsp3) is 0. The second-order valence-electron chi connectivity index (χ2n) is 8.38. The second-order valence-corrected chi connectivity index (χ2v) is 8.38. The zero-order valence-electron chi connectivity index (χ0n) is 19.1. The number of rotatable bonds is 4. The Bertz CT molecular complexity index is 1590. The molecule has 2 nitrogen and oxygen atoms in total. The molecule has 0 unspecified atom stereocenters. The number of fused-ring (bicyclic) bond motifs is 2. The average molecular weight is 452 g/mol. The van der Waals surface area contributed by atoms with Gasteiger partial charge in [-0.2, -0.15) is 0 Å². The van der Waals surface area contributed by atoms with Crippen LogP contribution in [-0.2, 0) is 0 Å². The van der Waals surface area contributed by atoms with Crippen molar-refractivity contribution in [2.75, 3.05) is 0 Å². The lowest BCUT2D eigenvalue weighted by Gasteiger charge is -2.20. The number of hydrogen-bond donors (Lipinski definition) is 0. The van der Waals surface area contributed by atoms with Gasteiger partial charge < -0.3 is 4.74 Å². The SMILES string of the molecule is C(=Cc1[o+]c2ccccc2cc1-c1ccccc1)C=C1Oc2ccccc2C=C1c1ccccc1. The van der Waals surface area contributed by atoms with Crippen molar-refractivity contribution in [2.45, 2.75) is 0 Å². The second kappa shape index (κ2) is 9.28. The highest BCUT2D eigenvalue weighted by atomic mass is 16.5. The van der Waals surface area contributed by atoms with Gasteiger partial charge in [0.1, 0.15) is 11.5 Å². The van der Waals surface area contributed by atoms with Gasteiger partial charge in [0.05, 0.1) is 10.9 Å². The van der Waals surface area contributed by atoms with Crippen LogP contribution in [0.25, 0.3) is 39.8 Å². The lowest BCUT2D eigenvalue weighted by Crippen LogP contribution is -2.04. The van der Waals surface area contributed by atoms with Crippen molar-refractivity contribution in [1.82, 2.24) is 0 Å². The Balaban J connectivity index is 1.43. The highest BCUT2D eigenvalue weighted by Crippen LogP contribution is 2.37. The first kappa shape index (κ1) is 20.9. The molecule has 6 rings (SSSR count). The molecule has 0 radical (unpaired) electrons. The minimum absolute atomic E-state index is 0.799. The maximum Gasteiger partial charge on any atom is 0.361 e. The molecule has 0 aliphatic carbocycles. The third-order valence-corrected chi connectivity index (χ3v) is 6.07. The molecule has 2 heteroatoms. The van der Waals surface area contributed by atoms with Crippen LogP contribution in [0.4, 0.5) is 0 Å². The quantitative estimate of drug-likeness (QED) is 0.254. The number of ether oxygens (including phenoxy) is 1. The van der Waals surface area contributed by atoms with Crippen LogP contribution in [0.5, 0.6) is 5.75 Å². The Morgan fingerprint density at radius 3 is 2.17 bits per heavy atom. The van der Waals surface area contributed by atoms with Gasteiger partial charge in [-0.3, -0.25) is 0 Å². The van der Waals surface area contributed by atoms with E-state index in [1.54, 1.807) is 0 Å². The average Bonchev–Trinajstić information content (AvgIpc) is 2.93. The van der Waals surface area contributed by atoms with E-state index in [1.165, 1.54) is 0 Å². The molecule has 35 heavy (non-hydrogen) atoms. The van der Waals surface area contributed by atoms with Crippen molar-refractivity contribution in [3.8, 4) is 16.9 Å². The largest absolute Gasteiger partial charge is 0.456 e. The zero-order valence-corrected chi connectivity index (χ0v) is 19.1. The third-order valence-electron chi connectivity index (χ3n) is 6.07. The van der Waals surface area contributed by atoms with Crippen LogP contribution in [-0.4, -0.2) is 0 Å². The molecule has 2 heterocycles. The van der Waals surface area contributed by atoms with Crippen molar-refractivity contribution in [2.24, 2.45) is 0 Å². The molecule has 0 fully saturated rings. The summed E-state index contributed by atoms with van der Waals surface area (Å²) in [5.74, 6) is 2.45. The number of allylic oxidation sites excluding steroid dienone is 3. The molecule has 4 aromatic carbocycles. The summed E-state index contributed by atoms with van der Waals surface area (Å²) in [6.45, 7) is 0. The Labute approximate surface area is 204 Å². The van der Waals surface area contributed by atoms with E-state index in [4.69, 9.17) is 9.15 Å². The van der Waals surface area contributed by atoms with Crippen LogP contribution in [0.2, 0.25) is 0 Å². The van der Waals surface area contributed by atoms with Gasteiger partial charge in [-0.1, -0.05) is 91.0 Å². The van der Waals surface area contributed by atoms with Crippen molar-refractivity contribution in [3.63, 3.8) is 0 Å². The molecule has 0 saturated carbocycles. The molecule has 0 spiro atoms. The zero-order chi connectivity index (χ0) is 23.5. The normalized spacial score (nSPS) is 14.1. The van der Waals surface area contributed by atoms with Crippen LogP contribution in [0.1, 0.15) is 16.9 Å². The fourth-order valence-corrected chi connectivity index (χ4v) is 4.34. The summed E-state index contributed by atoms with van der Waals surface area (Å²) in [5, 5.41) is 1.07. The smallest absolute Gasteiger partial charge is 0.361 e. The van der Waals surface area contributed by atoms with E-state index >= 15 is 0 Å². The Kier molecular flexibility index (Phi) is 5.54. The topological polar surface area (TPSA) is 20.5 Å². The predicted molar refractivity (Wildman–Crippen MR) is 145 cm³/mol. The maximum atomic E-state index is 6.33. The van der Waals surface area contributed by atoms with Gasteiger partial charge in [0.2, 0.25) is 0 Å². The summed E-state index contributed by atoms with van der Waals surface area (Å²) in [5.41, 5.74) is 6.25. The molecule has 1 aliphatic heterocycles. The first-order chi connectivity index (χ1) is 17.3. The van der Waals surface area contributed by atoms with Crippen molar-refractivity contribution >= 4 is 28.7 Å². The van der Waals surface area contributed by atoms with Gasteiger partial charge in [0, 0.05) is 23.3 Å². The van der Waals surface area contributed by atoms with Gasteiger partial charge in [0.15, 0.2) is 0 Å².